The van der Waals surface area contributed by atoms with Gasteiger partial charge in [0.25, 0.3) is 5.91 Å². The van der Waals surface area contributed by atoms with Crippen LogP contribution < -0.4 is 10.6 Å². The molecule has 0 radical (unpaired) electrons. The van der Waals surface area contributed by atoms with Crippen molar-refractivity contribution in [3.05, 3.63) is 53.5 Å². The molecule has 1 unspecified atom stereocenters. The van der Waals surface area contributed by atoms with E-state index in [1.807, 2.05) is 0 Å². The van der Waals surface area contributed by atoms with E-state index >= 15 is 0 Å². The van der Waals surface area contributed by atoms with Crippen LogP contribution in [0.4, 0.5) is 5.82 Å². The fourth-order valence-electron chi connectivity index (χ4n) is 4.88. The molecule has 1 aromatic heterocycles. The van der Waals surface area contributed by atoms with Gasteiger partial charge in [-0.05, 0) is 57.3 Å². The van der Waals surface area contributed by atoms with Gasteiger partial charge in [-0.15, -0.1) is 0 Å². The molecule has 8 heteroatoms. The molecule has 1 atom stereocenters. The SMILES string of the molecule is CN(C)C1CCC(Nc2cc(C(=O)NCC(O)CN3CCc4ccccc4C3)ncn2)CC1. The first kappa shape index (κ1) is 23.6. The van der Waals surface area contributed by atoms with Crippen molar-refractivity contribution in [1.82, 2.24) is 25.1 Å². The Kier molecular flexibility index (Phi) is 7.90. The third-order valence-electron chi connectivity index (χ3n) is 6.86. The van der Waals surface area contributed by atoms with Gasteiger partial charge in [0.05, 0.1) is 6.10 Å². The first-order valence-electron chi connectivity index (χ1n) is 12.0. The zero-order valence-corrected chi connectivity index (χ0v) is 19.7. The van der Waals surface area contributed by atoms with Gasteiger partial charge in [0.2, 0.25) is 0 Å². The van der Waals surface area contributed by atoms with Crippen molar-refractivity contribution in [2.75, 3.05) is 39.0 Å². The van der Waals surface area contributed by atoms with E-state index in [2.05, 4.69) is 68.8 Å². The van der Waals surface area contributed by atoms with Gasteiger partial charge in [-0.25, -0.2) is 9.97 Å². The third kappa shape index (κ3) is 6.50. The van der Waals surface area contributed by atoms with Crippen LogP contribution in [0.25, 0.3) is 0 Å². The molecule has 4 rings (SSSR count). The van der Waals surface area contributed by atoms with Crippen LogP contribution in [0.5, 0.6) is 0 Å². The molecule has 2 aromatic rings. The summed E-state index contributed by atoms with van der Waals surface area (Å²) in [6, 6.07) is 11.1. The zero-order valence-electron chi connectivity index (χ0n) is 19.7. The van der Waals surface area contributed by atoms with Crippen molar-refractivity contribution < 1.29 is 9.90 Å². The number of β-amino-alcohol motifs (C(OH)–C–C–N with tert-alkyl or cyclic N) is 1. The lowest BCUT2D eigenvalue weighted by Crippen LogP contribution is -2.42. The van der Waals surface area contributed by atoms with Gasteiger partial charge in [-0.2, -0.15) is 0 Å². The van der Waals surface area contributed by atoms with E-state index in [4.69, 9.17) is 0 Å². The first-order valence-corrected chi connectivity index (χ1v) is 12.0. The van der Waals surface area contributed by atoms with Crippen LogP contribution in [-0.4, -0.2) is 82.7 Å². The summed E-state index contributed by atoms with van der Waals surface area (Å²) in [6.45, 7) is 2.47. The topological polar surface area (TPSA) is 93.6 Å². The number of aromatic nitrogens is 2. The summed E-state index contributed by atoms with van der Waals surface area (Å²) in [6.07, 6.45) is 6.26. The Hall–Kier alpha value is -2.55. The van der Waals surface area contributed by atoms with Gasteiger partial charge in [0.1, 0.15) is 17.8 Å². The van der Waals surface area contributed by atoms with Crippen molar-refractivity contribution >= 4 is 11.7 Å². The van der Waals surface area contributed by atoms with Gasteiger partial charge in [0.15, 0.2) is 0 Å². The van der Waals surface area contributed by atoms with Crippen LogP contribution in [0.1, 0.15) is 47.3 Å². The zero-order chi connectivity index (χ0) is 23.2. The second-order valence-corrected chi connectivity index (χ2v) is 9.52. The average molecular weight is 453 g/mol. The summed E-state index contributed by atoms with van der Waals surface area (Å²) in [5.41, 5.74) is 3.01. The number of nitrogens with zero attached hydrogens (tertiary/aromatic N) is 4. The molecule has 3 N–H and O–H groups in total. The number of nitrogens with one attached hydrogen (secondary N) is 2. The van der Waals surface area contributed by atoms with Crippen LogP contribution in [0.3, 0.4) is 0 Å². The molecule has 0 spiro atoms. The Labute approximate surface area is 196 Å². The smallest absolute Gasteiger partial charge is 0.270 e. The fourth-order valence-corrected chi connectivity index (χ4v) is 4.88. The number of rotatable bonds is 8. The summed E-state index contributed by atoms with van der Waals surface area (Å²) in [4.78, 5) is 25.6. The molecular formula is C25H36N6O2. The minimum atomic E-state index is -0.634. The van der Waals surface area contributed by atoms with Crippen LogP contribution in [0, 0.1) is 0 Å². The fraction of sp³-hybridized carbons (Fsp3) is 0.560. The van der Waals surface area contributed by atoms with Crippen molar-refractivity contribution in [2.45, 2.75) is 56.8 Å². The molecule has 0 bridgehead atoms. The number of hydrogen-bond donors (Lipinski definition) is 3. The number of fused-ring (bicyclic) bond motifs is 1. The second kappa shape index (κ2) is 11.0. The normalized spacial score (nSPS) is 21.9. The predicted octanol–water partition coefficient (Wildman–Crippen LogP) is 1.91. The van der Waals surface area contributed by atoms with Crippen molar-refractivity contribution in [3.63, 3.8) is 0 Å². The maximum absolute atomic E-state index is 12.6. The number of carbonyl (C=O) groups is 1. The number of carbonyl (C=O) groups excluding carboxylic acids is 1. The standard InChI is InChI=1S/C25H36N6O2/c1-30(2)21-9-7-20(8-10-21)29-24-13-23(27-17-28-24)25(33)26-14-22(32)16-31-12-11-18-5-3-4-6-19(18)15-31/h3-6,13,17,20-22,32H,7-12,14-16H2,1-2H3,(H,26,33)(H,27,28,29). The monoisotopic (exact) mass is 452 g/mol. The Bertz CT molecular complexity index is 929. The molecule has 1 amide bonds. The molecule has 178 valence electrons. The van der Waals surface area contributed by atoms with Crippen molar-refractivity contribution in [2.24, 2.45) is 0 Å². The van der Waals surface area contributed by atoms with Gasteiger partial charge in [0, 0.05) is 44.3 Å². The van der Waals surface area contributed by atoms with Gasteiger partial charge >= 0.3 is 0 Å². The van der Waals surface area contributed by atoms with E-state index in [0.29, 0.717) is 30.1 Å². The van der Waals surface area contributed by atoms with Crippen LogP contribution >= 0.6 is 0 Å². The van der Waals surface area contributed by atoms with Gasteiger partial charge in [-0.1, -0.05) is 24.3 Å². The van der Waals surface area contributed by atoms with E-state index in [0.717, 1.165) is 45.2 Å². The second-order valence-electron chi connectivity index (χ2n) is 9.52. The molecule has 0 saturated heterocycles. The van der Waals surface area contributed by atoms with E-state index in [-0.39, 0.29) is 12.5 Å². The van der Waals surface area contributed by atoms with Crippen molar-refractivity contribution in [1.29, 1.82) is 0 Å². The molecule has 1 fully saturated rings. The summed E-state index contributed by atoms with van der Waals surface area (Å²) < 4.78 is 0. The quantitative estimate of drug-likeness (QED) is 0.563. The molecule has 1 aliphatic carbocycles. The van der Waals surface area contributed by atoms with Crippen LogP contribution in [0.15, 0.2) is 36.7 Å². The molecule has 1 aromatic carbocycles. The molecule has 1 aliphatic heterocycles. The largest absolute Gasteiger partial charge is 0.390 e. The summed E-state index contributed by atoms with van der Waals surface area (Å²) in [7, 11) is 4.27. The lowest BCUT2D eigenvalue weighted by atomic mass is 9.90. The minimum absolute atomic E-state index is 0.193. The lowest BCUT2D eigenvalue weighted by Gasteiger charge is -2.33. The highest BCUT2D eigenvalue weighted by Crippen LogP contribution is 2.24. The van der Waals surface area contributed by atoms with Crippen molar-refractivity contribution in [3.8, 4) is 0 Å². The highest BCUT2D eigenvalue weighted by Gasteiger charge is 2.23. The summed E-state index contributed by atoms with van der Waals surface area (Å²) in [5.74, 6) is 0.385. The van der Waals surface area contributed by atoms with Crippen LogP contribution in [-0.2, 0) is 13.0 Å². The third-order valence-corrected chi connectivity index (χ3v) is 6.86. The highest BCUT2D eigenvalue weighted by atomic mass is 16.3. The number of aliphatic hydroxyl groups excluding tert-OH is 1. The molecule has 2 aliphatic rings. The highest BCUT2D eigenvalue weighted by molar-refractivity contribution is 5.92. The number of aliphatic hydroxyl groups is 1. The van der Waals surface area contributed by atoms with E-state index < -0.39 is 6.10 Å². The Morgan fingerprint density at radius 2 is 1.94 bits per heavy atom. The summed E-state index contributed by atoms with van der Waals surface area (Å²) >= 11 is 0. The molecule has 8 nitrogen and oxygen atoms in total. The Balaban J connectivity index is 1.23. The van der Waals surface area contributed by atoms with E-state index in [1.165, 1.54) is 17.5 Å². The van der Waals surface area contributed by atoms with Gasteiger partial charge in [-0.3, -0.25) is 9.69 Å². The molecule has 2 heterocycles. The van der Waals surface area contributed by atoms with Gasteiger partial charge < -0.3 is 20.6 Å². The Morgan fingerprint density at radius 3 is 2.70 bits per heavy atom. The van der Waals surface area contributed by atoms with Crippen LogP contribution in [0.2, 0.25) is 0 Å². The number of benzene rings is 1. The number of hydrogen-bond acceptors (Lipinski definition) is 7. The summed E-state index contributed by atoms with van der Waals surface area (Å²) in [5, 5.41) is 16.7. The maximum atomic E-state index is 12.6. The number of amides is 1. The molecule has 33 heavy (non-hydrogen) atoms. The molecule has 1 saturated carbocycles. The average Bonchev–Trinajstić information content (AvgIpc) is 2.83. The maximum Gasteiger partial charge on any atom is 0.270 e. The minimum Gasteiger partial charge on any atom is -0.390 e. The van der Waals surface area contributed by atoms with E-state index in [1.54, 1.807) is 6.07 Å². The Morgan fingerprint density at radius 1 is 1.18 bits per heavy atom. The number of anilines is 1. The lowest BCUT2D eigenvalue weighted by molar-refractivity contribution is 0.0838. The molecular weight excluding hydrogens is 416 g/mol. The first-order chi connectivity index (χ1) is 16.0. The van der Waals surface area contributed by atoms with E-state index in [9.17, 15) is 9.90 Å². The predicted molar refractivity (Wildman–Crippen MR) is 129 cm³/mol.